The average Bonchev–Trinajstić information content (AvgIpc) is 2.05. The molecule has 0 saturated carbocycles. The molecule has 0 N–H and O–H groups in total. The molecule has 0 aliphatic heterocycles. The molecule has 0 aliphatic rings. The van der Waals surface area contributed by atoms with Crippen LogP contribution in [0.1, 0.15) is 5.56 Å². The Morgan fingerprint density at radius 1 is 1.38 bits per heavy atom. The molecular weight excluding hydrogens is 221 g/mol. The third kappa shape index (κ3) is 3.58. The number of hydrogen-bond donors (Lipinski definition) is 0. The Bertz CT molecular complexity index is 384. The van der Waals surface area contributed by atoms with Crippen LogP contribution in [0.15, 0.2) is 33.0 Å². The monoisotopic (exact) mass is 227 g/mol. The number of hydrogen-bond acceptors (Lipinski definition) is 3. The van der Waals surface area contributed by atoms with Gasteiger partial charge in [-0.15, -0.1) is 3.88 Å². The molecule has 13 heavy (non-hydrogen) atoms. The van der Waals surface area contributed by atoms with E-state index in [0.717, 1.165) is 5.56 Å². The molecule has 0 bridgehead atoms. The van der Waals surface area contributed by atoms with Crippen molar-refractivity contribution < 1.29 is 38.3 Å². The van der Waals surface area contributed by atoms with Gasteiger partial charge < -0.3 is 4.55 Å². The fraction of sp³-hybridized carbons (Fsp3) is 0.143. The normalized spacial score (nSPS) is 14.1. The van der Waals surface area contributed by atoms with Gasteiger partial charge >= 0.3 is 29.6 Å². The van der Waals surface area contributed by atoms with Crippen LogP contribution >= 0.6 is 11.8 Å². The van der Waals surface area contributed by atoms with Gasteiger partial charge in [0.15, 0.2) is 0 Å². The Hall–Kier alpha value is 0.420. The van der Waals surface area contributed by atoms with Crippen LogP contribution in [-0.2, 0) is 10.0 Å². The van der Waals surface area contributed by atoms with E-state index in [9.17, 15) is 8.76 Å². The molecule has 1 rings (SSSR count). The van der Waals surface area contributed by atoms with E-state index in [4.69, 9.17) is 11.8 Å². The number of benzene rings is 1. The molecule has 0 spiro atoms. The maximum Gasteiger partial charge on any atom is 1.00 e. The molecule has 0 aliphatic carbocycles. The zero-order valence-electron chi connectivity index (χ0n) is 7.36. The number of rotatable bonds is 1. The number of aryl methyl sites for hydroxylation is 1. The molecule has 6 heteroatoms. The first-order valence-corrected chi connectivity index (χ1v) is 4.99. The largest absolute Gasteiger partial charge is 1.00 e. The molecule has 0 aromatic heterocycles. The van der Waals surface area contributed by atoms with Crippen LogP contribution in [-0.4, -0.2) is 8.76 Å². The second kappa shape index (κ2) is 5.34. The van der Waals surface area contributed by atoms with E-state index < -0.39 is 10.0 Å². The summed E-state index contributed by atoms with van der Waals surface area (Å²) in [7, 11) is -3.62. The molecule has 0 amide bonds. The summed E-state index contributed by atoms with van der Waals surface area (Å²) in [6, 6.07) is 6.32. The van der Waals surface area contributed by atoms with Gasteiger partial charge in [0.25, 0.3) is 0 Å². The molecular formula is C7H7ClNNaO2S. The minimum atomic E-state index is -3.62. The van der Waals surface area contributed by atoms with Gasteiger partial charge in [-0.1, -0.05) is 17.7 Å². The van der Waals surface area contributed by atoms with Gasteiger partial charge in [-0.05, 0) is 19.1 Å². The first kappa shape index (κ1) is 13.4. The third-order valence-electron chi connectivity index (χ3n) is 1.41. The van der Waals surface area contributed by atoms with Gasteiger partial charge in [-0.3, -0.25) is 4.21 Å². The van der Waals surface area contributed by atoms with E-state index in [1.807, 2.05) is 6.92 Å². The van der Waals surface area contributed by atoms with Gasteiger partial charge in [-0.2, -0.15) is 0 Å². The number of halogens is 1. The van der Waals surface area contributed by atoms with E-state index in [0.29, 0.717) is 0 Å². The minimum Gasteiger partial charge on any atom is -0.759 e. The third-order valence-corrected chi connectivity index (χ3v) is 3.00. The number of nitrogens with zero attached hydrogens (tertiary/aromatic N) is 1. The molecule has 66 valence electrons. The summed E-state index contributed by atoms with van der Waals surface area (Å²) < 4.78 is 24.8. The van der Waals surface area contributed by atoms with Crippen molar-refractivity contribution in [1.82, 2.24) is 0 Å². The van der Waals surface area contributed by atoms with Gasteiger partial charge in [0.05, 0.1) is 0 Å². The Morgan fingerprint density at radius 2 is 1.85 bits per heavy atom. The van der Waals surface area contributed by atoms with E-state index in [1.165, 1.54) is 12.1 Å². The Labute approximate surface area is 105 Å². The Kier molecular flexibility index (Phi) is 5.51. The molecule has 1 aromatic carbocycles. The van der Waals surface area contributed by atoms with Crippen LogP contribution in [0.25, 0.3) is 0 Å². The fourth-order valence-electron chi connectivity index (χ4n) is 0.750. The van der Waals surface area contributed by atoms with Gasteiger partial charge in [0, 0.05) is 26.7 Å². The van der Waals surface area contributed by atoms with Crippen molar-refractivity contribution >= 4 is 21.8 Å². The van der Waals surface area contributed by atoms with E-state index in [2.05, 4.69) is 3.88 Å². The first-order chi connectivity index (χ1) is 5.56. The smallest absolute Gasteiger partial charge is 0.759 e. The van der Waals surface area contributed by atoms with E-state index >= 15 is 0 Å². The summed E-state index contributed by atoms with van der Waals surface area (Å²) in [5, 5.41) is 0. The maximum absolute atomic E-state index is 11.0. The van der Waals surface area contributed by atoms with Crippen LogP contribution in [0, 0.1) is 6.92 Å². The van der Waals surface area contributed by atoms with Crippen molar-refractivity contribution in [3.8, 4) is 0 Å². The Morgan fingerprint density at radius 3 is 2.23 bits per heavy atom. The molecule has 3 nitrogen and oxygen atoms in total. The minimum absolute atomic E-state index is 0. The van der Waals surface area contributed by atoms with Crippen LogP contribution in [0.2, 0.25) is 0 Å². The van der Waals surface area contributed by atoms with Gasteiger partial charge in [-0.25, -0.2) is 0 Å². The molecule has 0 radical (unpaired) electrons. The van der Waals surface area contributed by atoms with E-state index in [1.54, 1.807) is 12.1 Å². The summed E-state index contributed by atoms with van der Waals surface area (Å²) in [4.78, 5) is 0.114. The zero-order valence-corrected chi connectivity index (χ0v) is 10.9. The predicted octanol–water partition coefficient (Wildman–Crippen LogP) is -0.890. The zero-order chi connectivity index (χ0) is 9.19. The molecule has 0 fully saturated rings. The van der Waals surface area contributed by atoms with Crippen LogP contribution in [0.4, 0.5) is 0 Å². The Balaban J connectivity index is 0.00000144. The van der Waals surface area contributed by atoms with Crippen molar-refractivity contribution in [2.24, 2.45) is 3.88 Å². The van der Waals surface area contributed by atoms with Gasteiger partial charge in [0.1, 0.15) is 0 Å². The van der Waals surface area contributed by atoms with E-state index in [-0.39, 0.29) is 34.5 Å². The van der Waals surface area contributed by atoms with Crippen molar-refractivity contribution in [3.63, 3.8) is 0 Å². The van der Waals surface area contributed by atoms with Gasteiger partial charge in [0.2, 0.25) is 0 Å². The van der Waals surface area contributed by atoms with Crippen molar-refractivity contribution in [2.45, 2.75) is 11.8 Å². The summed E-state index contributed by atoms with van der Waals surface area (Å²) in [6.45, 7) is 1.87. The topological polar surface area (TPSA) is 52.5 Å². The second-order valence-corrected chi connectivity index (χ2v) is 4.33. The molecule has 1 unspecified atom stereocenters. The van der Waals surface area contributed by atoms with Crippen LogP contribution in [0.3, 0.4) is 0 Å². The standard InChI is InChI=1S/C7H8ClNO2S.Na/c1-6-2-4-7(5-3-6)12(10,11)9-8;/h2-5H,1H3,(H,9,10,11);/q;+1/p-1. The van der Waals surface area contributed by atoms with Crippen LogP contribution < -0.4 is 29.6 Å². The molecule has 0 heterocycles. The summed E-state index contributed by atoms with van der Waals surface area (Å²) in [5.74, 6) is 0. The summed E-state index contributed by atoms with van der Waals surface area (Å²) >= 11 is 4.90. The predicted molar refractivity (Wildman–Crippen MR) is 46.6 cm³/mol. The molecule has 1 atom stereocenters. The quantitative estimate of drug-likeness (QED) is 0.585. The summed E-state index contributed by atoms with van der Waals surface area (Å²) in [6.07, 6.45) is 0. The molecule has 0 saturated heterocycles. The van der Waals surface area contributed by atoms with Crippen molar-refractivity contribution in [2.75, 3.05) is 0 Å². The average molecular weight is 228 g/mol. The van der Waals surface area contributed by atoms with Crippen molar-refractivity contribution in [1.29, 1.82) is 0 Å². The van der Waals surface area contributed by atoms with Crippen LogP contribution in [0.5, 0.6) is 0 Å². The first-order valence-electron chi connectivity index (χ1n) is 3.21. The summed E-state index contributed by atoms with van der Waals surface area (Å²) in [5.41, 5.74) is 0.989. The maximum atomic E-state index is 11.0. The SMILES string of the molecule is Cc1ccc(S(=O)([O-])=NCl)cc1.[Na+]. The fourth-order valence-corrected chi connectivity index (χ4v) is 1.55. The van der Waals surface area contributed by atoms with Crippen molar-refractivity contribution in [3.05, 3.63) is 29.8 Å². The second-order valence-electron chi connectivity index (χ2n) is 2.36. The molecule has 1 aromatic rings.